The first-order valence-corrected chi connectivity index (χ1v) is 9.75. The van der Waals surface area contributed by atoms with Crippen molar-refractivity contribution in [2.75, 3.05) is 13.1 Å². The molecule has 0 radical (unpaired) electrons. The van der Waals surface area contributed by atoms with E-state index in [1.54, 1.807) is 13.8 Å². The van der Waals surface area contributed by atoms with Gasteiger partial charge in [-0.25, -0.2) is 9.80 Å². The lowest BCUT2D eigenvalue weighted by molar-refractivity contribution is -0.128. The van der Waals surface area contributed by atoms with Crippen LogP contribution in [0, 0.1) is 13.8 Å². The molecule has 9 nitrogen and oxygen atoms in total. The van der Waals surface area contributed by atoms with Gasteiger partial charge in [0.25, 0.3) is 0 Å². The highest BCUT2D eigenvalue weighted by Gasteiger charge is 2.39. The molecule has 1 N–H and O–H groups in total. The topological polar surface area (TPSA) is 104 Å². The van der Waals surface area contributed by atoms with Gasteiger partial charge in [0.1, 0.15) is 6.04 Å². The lowest BCUT2D eigenvalue weighted by Crippen LogP contribution is -2.46. The molecule has 152 valence electrons. The van der Waals surface area contributed by atoms with Gasteiger partial charge >= 0.3 is 6.03 Å². The van der Waals surface area contributed by atoms with Gasteiger partial charge in [-0.2, -0.15) is 10.1 Å². The van der Waals surface area contributed by atoms with E-state index in [4.69, 9.17) is 4.52 Å². The number of nitrogens with one attached hydrogen (secondary N) is 1. The maximum atomic E-state index is 12.8. The summed E-state index contributed by atoms with van der Waals surface area (Å²) < 4.78 is 5.12. The van der Waals surface area contributed by atoms with Crippen molar-refractivity contribution >= 4 is 17.6 Å². The SMILES string of the molecule is Cc1ccc(C2=NN(C(=O)N[C@H](C)c3nc(C)no3)C[C@H]2N2CCCC2=O)cc1. The average molecular weight is 396 g/mol. The highest BCUT2D eigenvalue weighted by atomic mass is 16.5. The lowest BCUT2D eigenvalue weighted by atomic mass is 10.0. The predicted molar refractivity (Wildman–Crippen MR) is 105 cm³/mol. The van der Waals surface area contributed by atoms with E-state index in [1.165, 1.54) is 5.01 Å². The number of hydrogen-bond acceptors (Lipinski definition) is 6. The molecule has 4 rings (SSSR count). The van der Waals surface area contributed by atoms with E-state index in [1.807, 2.05) is 36.1 Å². The summed E-state index contributed by atoms with van der Waals surface area (Å²) in [5.41, 5.74) is 2.78. The highest BCUT2D eigenvalue weighted by Crippen LogP contribution is 2.24. The maximum Gasteiger partial charge on any atom is 0.338 e. The number of rotatable bonds is 4. The van der Waals surface area contributed by atoms with Crippen LogP contribution in [-0.2, 0) is 4.79 Å². The van der Waals surface area contributed by atoms with E-state index in [9.17, 15) is 9.59 Å². The zero-order chi connectivity index (χ0) is 20.5. The van der Waals surface area contributed by atoms with Crippen LogP contribution in [0.25, 0.3) is 0 Å². The zero-order valence-electron chi connectivity index (χ0n) is 16.8. The lowest BCUT2D eigenvalue weighted by Gasteiger charge is -2.25. The molecule has 0 saturated carbocycles. The van der Waals surface area contributed by atoms with Crippen molar-refractivity contribution in [2.24, 2.45) is 5.10 Å². The van der Waals surface area contributed by atoms with Gasteiger partial charge in [0.15, 0.2) is 5.82 Å². The molecule has 0 bridgehead atoms. The Hall–Kier alpha value is -3.23. The van der Waals surface area contributed by atoms with Crippen LogP contribution in [0.1, 0.15) is 48.6 Å². The number of benzene rings is 1. The number of urea groups is 1. The molecular weight excluding hydrogens is 372 g/mol. The summed E-state index contributed by atoms with van der Waals surface area (Å²) in [5, 5.41) is 12.5. The summed E-state index contributed by atoms with van der Waals surface area (Å²) in [7, 11) is 0. The van der Waals surface area contributed by atoms with Crippen LogP contribution in [-0.4, -0.2) is 56.8 Å². The van der Waals surface area contributed by atoms with Crippen LogP contribution in [0.15, 0.2) is 33.9 Å². The third-order valence-electron chi connectivity index (χ3n) is 5.21. The molecule has 1 aromatic heterocycles. The Morgan fingerprint density at radius 3 is 2.66 bits per heavy atom. The predicted octanol–water partition coefficient (Wildman–Crippen LogP) is 2.17. The Balaban J connectivity index is 1.56. The summed E-state index contributed by atoms with van der Waals surface area (Å²) in [4.78, 5) is 31.2. The number of likely N-dealkylation sites (tertiary alicyclic amines) is 1. The molecule has 3 heterocycles. The molecule has 0 unspecified atom stereocenters. The third-order valence-corrected chi connectivity index (χ3v) is 5.21. The fourth-order valence-electron chi connectivity index (χ4n) is 3.65. The molecule has 2 aromatic rings. The first-order chi connectivity index (χ1) is 13.9. The van der Waals surface area contributed by atoms with Crippen LogP contribution in [0.4, 0.5) is 4.79 Å². The first kappa shape index (κ1) is 19.1. The number of hydrazone groups is 1. The largest absolute Gasteiger partial charge is 0.338 e. The van der Waals surface area contributed by atoms with Crippen LogP contribution in [0.2, 0.25) is 0 Å². The number of amides is 3. The van der Waals surface area contributed by atoms with Crippen molar-refractivity contribution in [2.45, 2.75) is 45.7 Å². The number of hydrogen-bond donors (Lipinski definition) is 1. The number of aromatic nitrogens is 2. The molecule has 9 heteroatoms. The fourth-order valence-corrected chi connectivity index (χ4v) is 3.65. The molecule has 2 aliphatic rings. The summed E-state index contributed by atoms with van der Waals surface area (Å²) >= 11 is 0. The van der Waals surface area contributed by atoms with Crippen LogP contribution >= 0.6 is 0 Å². The average Bonchev–Trinajstić information content (AvgIpc) is 3.41. The Bertz CT molecular complexity index is 951. The van der Waals surface area contributed by atoms with Crippen molar-refractivity contribution in [3.05, 3.63) is 47.1 Å². The van der Waals surface area contributed by atoms with Gasteiger partial charge in [-0.05, 0) is 32.8 Å². The molecule has 29 heavy (non-hydrogen) atoms. The van der Waals surface area contributed by atoms with E-state index in [2.05, 4.69) is 20.6 Å². The molecule has 1 saturated heterocycles. The van der Waals surface area contributed by atoms with Crippen LogP contribution < -0.4 is 5.32 Å². The molecule has 0 aliphatic carbocycles. The van der Waals surface area contributed by atoms with Crippen molar-refractivity contribution in [3.8, 4) is 0 Å². The highest BCUT2D eigenvalue weighted by molar-refractivity contribution is 6.08. The minimum Gasteiger partial charge on any atom is -0.337 e. The fraction of sp³-hybridized carbons (Fsp3) is 0.450. The standard InChI is InChI=1S/C20H24N6O3/c1-12-6-8-15(9-7-12)18-16(25-10-4-5-17(25)27)11-26(23-18)20(28)21-13(2)19-22-14(3)24-29-19/h6-9,13,16H,4-5,10-11H2,1-3H3,(H,21,28)/t13-,16-/m1/s1. The number of aryl methyl sites for hydroxylation is 2. The van der Waals surface area contributed by atoms with E-state index in [-0.39, 0.29) is 18.0 Å². The summed E-state index contributed by atoms with van der Waals surface area (Å²) in [6.07, 6.45) is 1.37. The van der Waals surface area contributed by atoms with Crippen molar-refractivity contribution in [1.29, 1.82) is 0 Å². The second-order valence-corrected chi connectivity index (χ2v) is 7.49. The van der Waals surface area contributed by atoms with Crippen molar-refractivity contribution in [3.63, 3.8) is 0 Å². The Morgan fingerprint density at radius 1 is 1.28 bits per heavy atom. The van der Waals surface area contributed by atoms with Gasteiger partial charge in [0, 0.05) is 13.0 Å². The Morgan fingerprint density at radius 2 is 2.03 bits per heavy atom. The number of carbonyl (C=O) groups excluding carboxylic acids is 2. The van der Waals surface area contributed by atoms with E-state index >= 15 is 0 Å². The van der Waals surface area contributed by atoms with Gasteiger partial charge in [0.2, 0.25) is 11.8 Å². The van der Waals surface area contributed by atoms with E-state index in [0.717, 1.165) is 23.3 Å². The number of carbonyl (C=O) groups is 2. The van der Waals surface area contributed by atoms with Crippen LogP contribution in [0.5, 0.6) is 0 Å². The summed E-state index contributed by atoms with van der Waals surface area (Å²) in [5.74, 6) is 0.949. The third kappa shape index (κ3) is 3.85. The van der Waals surface area contributed by atoms with Crippen molar-refractivity contribution in [1.82, 2.24) is 25.4 Å². The zero-order valence-corrected chi connectivity index (χ0v) is 16.8. The summed E-state index contributed by atoms with van der Waals surface area (Å²) in [6.45, 7) is 6.50. The molecule has 2 aliphatic heterocycles. The Labute approximate surface area is 168 Å². The molecule has 1 aromatic carbocycles. The maximum absolute atomic E-state index is 12.8. The summed E-state index contributed by atoms with van der Waals surface area (Å²) in [6, 6.07) is 6.90. The van der Waals surface area contributed by atoms with Gasteiger partial charge in [0.05, 0.1) is 18.3 Å². The molecule has 3 amide bonds. The van der Waals surface area contributed by atoms with E-state index in [0.29, 0.717) is 31.2 Å². The molecule has 1 fully saturated rings. The monoisotopic (exact) mass is 396 g/mol. The van der Waals surface area contributed by atoms with Gasteiger partial charge in [-0.1, -0.05) is 35.0 Å². The number of nitrogens with zero attached hydrogens (tertiary/aromatic N) is 5. The Kier molecular flexibility index (Phi) is 5.04. The second-order valence-electron chi connectivity index (χ2n) is 7.49. The first-order valence-electron chi connectivity index (χ1n) is 9.75. The normalized spacial score (nSPS) is 20.2. The molecule has 0 spiro atoms. The quantitative estimate of drug-likeness (QED) is 0.853. The smallest absolute Gasteiger partial charge is 0.337 e. The minimum absolute atomic E-state index is 0.103. The minimum atomic E-state index is -0.450. The van der Waals surface area contributed by atoms with Gasteiger partial charge < -0.3 is 14.7 Å². The van der Waals surface area contributed by atoms with Crippen LogP contribution in [0.3, 0.4) is 0 Å². The molecular formula is C20H24N6O3. The second kappa shape index (κ2) is 7.65. The van der Waals surface area contributed by atoms with Gasteiger partial charge in [-0.15, -0.1) is 0 Å². The van der Waals surface area contributed by atoms with Gasteiger partial charge in [-0.3, -0.25) is 4.79 Å². The molecule has 2 atom stereocenters. The van der Waals surface area contributed by atoms with Crippen molar-refractivity contribution < 1.29 is 14.1 Å². The van der Waals surface area contributed by atoms with E-state index < -0.39 is 6.04 Å².